The Morgan fingerprint density at radius 1 is 1.24 bits per heavy atom. The molecule has 0 radical (unpaired) electrons. The largest absolute Gasteiger partial charge is 0.323 e. The number of amides is 1. The van der Waals surface area contributed by atoms with Crippen LogP contribution in [0.15, 0.2) is 18.3 Å². The van der Waals surface area contributed by atoms with Crippen molar-refractivity contribution in [2.45, 2.75) is 44.9 Å². The molecular formula is C17H21ClN2O. The summed E-state index contributed by atoms with van der Waals surface area (Å²) >= 11 is 6.02. The molecule has 4 aliphatic rings. The van der Waals surface area contributed by atoms with Crippen molar-refractivity contribution in [3.8, 4) is 0 Å². The molecule has 0 saturated heterocycles. The third-order valence-electron chi connectivity index (χ3n) is 5.73. The molecule has 21 heavy (non-hydrogen) atoms. The van der Waals surface area contributed by atoms with E-state index in [1.807, 2.05) is 6.07 Å². The predicted octanol–water partition coefficient (Wildman–Crippen LogP) is 4.28. The molecule has 112 valence electrons. The Bertz CT molecular complexity index is 536. The Hall–Kier alpha value is -1.09. The van der Waals surface area contributed by atoms with Gasteiger partial charge in [-0.25, -0.2) is 4.98 Å². The van der Waals surface area contributed by atoms with Gasteiger partial charge in [-0.2, -0.15) is 0 Å². The van der Waals surface area contributed by atoms with Crippen molar-refractivity contribution < 1.29 is 4.79 Å². The van der Waals surface area contributed by atoms with Gasteiger partial charge in [0.1, 0.15) is 0 Å². The maximum atomic E-state index is 12.5. The molecule has 0 aromatic carbocycles. The van der Waals surface area contributed by atoms with Gasteiger partial charge in [0.05, 0.1) is 5.69 Å². The zero-order valence-corrected chi connectivity index (χ0v) is 12.9. The molecule has 1 aromatic rings. The number of aromatic nitrogens is 1. The number of nitrogens with zero attached hydrogens (tertiary/aromatic N) is 1. The zero-order chi connectivity index (χ0) is 14.4. The number of carbonyl (C=O) groups is 1. The SMILES string of the molecule is O=C(CC12CC3CC(CC(C3)C1)C2)Nc1cccnc1Cl. The maximum Gasteiger partial charge on any atom is 0.225 e. The average molecular weight is 305 g/mol. The third-order valence-corrected chi connectivity index (χ3v) is 6.03. The minimum absolute atomic E-state index is 0.104. The van der Waals surface area contributed by atoms with E-state index < -0.39 is 0 Å². The van der Waals surface area contributed by atoms with Crippen LogP contribution >= 0.6 is 11.6 Å². The third kappa shape index (κ3) is 2.57. The molecule has 1 heterocycles. The summed E-state index contributed by atoms with van der Waals surface area (Å²) < 4.78 is 0. The molecule has 0 aliphatic heterocycles. The van der Waals surface area contributed by atoms with E-state index in [2.05, 4.69) is 10.3 Å². The molecule has 4 heteroatoms. The fraction of sp³-hybridized carbons (Fsp3) is 0.647. The van der Waals surface area contributed by atoms with Gasteiger partial charge in [-0.15, -0.1) is 0 Å². The van der Waals surface area contributed by atoms with Crippen LogP contribution in [0.25, 0.3) is 0 Å². The van der Waals surface area contributed by atoms with Gasteiger partial charge < -0.3 is 5.32 Å². The molecule has 3 nitrogen and oxygen atoms in total. The highest BCUT2D eigenvalue weighted by Gasteiger charge is 2.51. The number of nitrogens with one attached hydrogen (secondary N) is 1. The molecule has 5 rings (SSSR count). The molecule has 4 aliphatic carbocycles. The molecule has 0 spiro atoms. The van der Waals surface area contributed by atoms with E-state index in [0.717, 1.165) is 17.8 Å². The van der Waals surface area contributed by atoms with Gasteiger partial charge in [0.15, 0.2) is 5.15 Å². The highest BCUT2D eigenvalue weighted by atomic mass is 35.5. The van der Waals surface area contributed by atoms with E-state index in [4.69, 9.17) is 11.6 Å². The standard InChI is InChI=1S/C17H21ClN2O/c18-16-14(2-1-3-19-16)20-15(21)10-17-7-11-4-12(8-17)6-13(5-11)9-17/h1-3,11-13H,4-10H2,(H,20,21). The molecule has 4 bridgehead atoms. The number of halogens is 1. The summed E-state index contributed by atoms with van der Waals surface area (Å²) in [6.45, 7) is 0. The predicted molar refractivity (Wildman–Crippen MR) is 83.1 cm³/mol. The van der Waals surface area contributed by atoms with Gasteiger partial charge in [-0.1, -0.05) is 11.6 Å². The topological polar surface area (TPSA) is 42.0 Å². The lowest BCUT2D eigenvalue weighted by Gasteiger charge is -2.56. The van der Waals surface area contributed by atoms with Crippen molar-refractivity contribution in [3.05, 3.63) is 23.5 Å². The van der Waals surface area contributed by atoms with E-state index >= 15 is 0 Å². The van der Waals surface area contributed by atoms with Crippen molar-refractivity contribution in [3.63, 3.8) is 0 Å². The summed E-state index contributed by atoms with van der Waals surface area (Å²) in [5, 5.41) is 3.32. The van der Waals surface area contributed by atoms with Crippen molar-refractivity contribution in [2.24, 2.45) is 23.2 Å². The number of hydrogen-bond donors (Lipinski definition) is 1. The lowest BCUT2D eigenvalue weighted by Crippen LogP contribution is -2.47. The number of anilines is 1. The van der Waals surface area contributed by atoms with Gasteiger partial charge >= 0.3 is 0 Å². The van der Waals surface area contributed by atoms with Crippen LogP contribution in [0.5, 0.6) is 0 Å². The summed E-state index contributed by atoms with van der Waals surface area (Å²) in [5.41, 5.74) is 0.905. The van der Waals surface area contributed by atoms with Gasteiger partial charge in [0, 0.05) is 12.6 Å². The summed E-state index contributed by atoms with van der Waals surface area (Å²) in [6.07, 6.45) is 10.3. The van der Waals surface area contributed by atoms with E-state index in [-0.39, 0.29) is 11.3 Å². The summed E-state index contributed by atoms with van der Waals surface area (Å²) in [5.74, 6) is 2.75. The van der Waals surface area contributed by atoms with Crippen molar-refractivity contribution in [1.29, 1.82) is 0 Å². The zero-order valence-electron chi connectivity index (χ0n) is 12.1. The Kier molecular flexibility index (Phi) is 3.21. The maximum absolute atomic E-state index is 12.5. The quantitative estimate of drug-likeness (QED) is 0.847. The highest BCUT2D eigenvalue weighted by Crippen LogP contribution is 2.61. The fourth-order valence-electron chi connectivity index (χ4n) is 5.52. The van der Waals surface area contributed by atoms with Gasteiger partial charge in [0.2, 0.25) is 5.91 Å². The fourth-order valence-corrected chi connectivity index (χ4v) is 5.69. The summed E-state index contributed by atoms with van der Waals surface area (Å²) in [7, 11) is 0. The molecule has 0 atom stereocenters. The molecular weight excluding hydrogens is 284 g/mol. The van der Waals surface area contributed by atoms with Crippen LogP contribution in [0.1, 0.15) is 44.9 Å². The van der Waals surface area contributed by atoms with Gasteiger partial charge in [0.25, 0.3) is 0 Å². The molecule has 4 fully saturated rings. The normalized spacial score (nSPS) is 36.7. The molecule has 1 N–H and O–H groups in total. The van der Waals surface area contributed by atoms with Crippen LogP contribution in [0.2, 0.25) is 5.15 Å². The molecule has 4 saturated carbocycles. The average Bonchev–Trinajstić information content (AvgIpc) is 2.39. The highest BCUT2D eigenvalue weighted by molar-refractivity contribution is 6.32. The molecule has 0 unspecified atom stereocenters. The molecule has 1 aromatic heterocycles. The number of rotatable bonds is 3. The van der Waals surface area contributed by atoms with Crippen LogP contribution < -0.4 is 5.32 Å². The van der Waals surface area contributed by atoms with Crippen LogP contribution in [0.4, 0.5) is 5.69 Å². The smallest absolute Gasteiger partial charge is 0.225 e. The minimum Gasteiger partial charge on any atom is -0.323 e. The first-order valence-corrected chi connectivity index (χ1v) is 8.40. The Labute approximate surface area is 130 Å². The second-order valence-electron chi connectivity index (χ2n) is 7.48. The number of hydrogen-bond acceptors (Lipinski definition) is 2. The van der Waals surface area contributed by atoms with E-state index in [0.29, 0.717) is 17.3 Å². The Morgan fingerprint density at radius 2 is 1.86 bits per heavy atom. The second-order valence-corrected chi connectivity index (χ2v) is 7.84. The first-order valence-electron chi connectivity index (χ1n) is 8.02. The lowest BCUT2D eigenvalue weighted by molar-refractivity contribution is -0.124. The Balaban J connectivity index is 1.46. The summed E-state index contributed by atoms with van der Waals surface area (Å²) in [6, 6.07) is 3.61. The van der Waals surface area contributed by atoms with E-state index in [9.17, 15) is 4.79 Å². The van der Waals surface area contributed by atoms with Crippen molar-refractivity contribution in [2.75, 3.05) is 5.32 Å². The van der Waals surface area contributed by atoms with Crippen molar-refractivity contribution >= 4 is 23.2 Å². The van der Waals surface area contributed by atoms with E-state index in [1.54, 1.807) is 12.3 Å². The lowest BCUT2D eigenvalue weighted by atomic mass is 9.49. The van der Waals surface area contributed by atoms with Gasteiger partial charge in [-0.05, 0) is 73.8 Å². The first kappa shape index (κ1) is 13.6. The molecule has 1 amide bonds. The summed E-state index contributed by atoms with van der Waals surface area (Å²) in [4.78, 5) is 16.5. The van der Waals surface area contributed by atoms with Gasteiger partial charge in [-0.3, -0.25) is 4.79 Å². The second kappa shape index (κ2) is 4.98. The van der Waals surface area contributed by atoms with Crippen molar-refractivity contribution in [1.82, 2.24) is 4.98 Å². The van der Waals surface area contributed by atoms with E-state index in [1.165, 1.54) is 38.5 Å². The van der Waals surface area contributed by atoms with Crippen LogP contribution in [-0.2, 0) is 4.79 Å². The number of carbonyl (C=O) groups excluding carboxylic acids is 1. The first-order chi connectivity index (χ1) is 10.1. The monoisotopic (exact) mass is 304 g/mol. The van der Waals surface area contributed by atoms with Crippen LogP contribution in [0.3, 0.4) is 0 Å². The minimum atomic E-state index is 0.104. The van der Waals surface area contributed by atoms with Crippen LogP contribution in [0, 0.1) is 23.2 Å². The number of pyridine rings is 1. The van der Waals surface area contributed by atoms with Crippen LogP contribution in [-0.4, -0.2) is 10.9 Å². The Morgan fingerprint density at radius 3 is 2.43 bits per heavy atom.